The largest absolute Gasteiger partial charge is 0.493 e. The summed E-state index contributed by atoms with van der Waals surface area (Å²) in [5.41, 5.74) is 1.12. The molecule has 0 unspecified atom stereocenters. The molecule has 0 aliphatic heterocycles. The quantitative estimate of drug-likeness (QED) is 0.457. The molecule has 0 fully saturated rings. The lowest BCUT2D eigenvalue weighted by atomic mass is 9.63. The number of hydrogen-bond acceptors (Lipinski definition) is 5. The van der Waals surface area contributed by atoms with Crippen LogP contribution < -0.4 is 15.8 Å². The van der Waals surface area contributed by atoms with Crippen LogP contribution in [0.4, 0.5) is 27.8 Å². The van der Waals surface area contributed by atoms with Crippen LogP contribution in [0.2, 0.25) is 0 Å². The Hall–Kier alpha value is -3.67. The Kier molecular flexibility index (Phi) is 5.98. The first-order chi connectivity index (χ1) is 16.7. The molecule has 0 spiro atoms. The summed E-state index contributed by atoms with van der Waals surface area (Å²) in [5, 5.41) is 13.2. The highest BCUT2D eigenvalue weighted by Crippen LogP contribution is 2.55. The number of carbonyl (C=O) groups excluding carboxylic acids is 1. The molecule has 36 heavy (non-hydrogen) atoms. The summed E-state index contributed by atoms with van der Waals surface area (Å²) in [4.78, 5) is 17.0. The van der Waals surface area contributed by atoms with Crippen molar-refractivity contribution in [2.24, 2.45) is 0 Å². The molecule has 3 aromatic rings. The van der Waals surface area contributed by atoms with Gasteiger partial charge in [0.2, 0.25) is 0 Å². The molecular weight excluding hydrogens is 487 g/mol. The molecule has 12 heteroatoms. The molecule has 2 atom stereocenters. The van der Waals surface area contributed by atoms with E-state index in [1.54, 1.807) is 0 Å². The number of fused-ring (bicyclic) bond motifs is 1. The molecular formula is C24H23F5N4O3. The van der Waals surface area contributed by atoms with E-state index in [1.807, 2.05) is 0 Å². The monoisotopic (exact) mass is 510 g/mol. The number of aromatic nitrogens is 2. The predicted molar refractivity (Wildman–Crippen MR) is 120 cm³/mol. The SMILES string of the molecule is COc1c(F)ccc2c1C(C)(C)C[C@](O)(C(F)(F)F)[C@H]2NC(=O)c1ncn(-c2ccc(F)cc2)c1N. The average molecular weight is 510 g/mol. The smallest absolute Gasteiger partial charge is 0.419 e. The van der Waals surface area contributed by atoms with Gasteiger partial charge in [-0.3, -0.25) is 9.36 Å². The molecule has 2 aromatic carbocycles. The Morgan fingerprint density at radius 3 is 2.42 bits per heavy atom. The maximum Gasteiger partial charge on any atom is 0.419 e. The number of aliphatic hydroxyl groups is 1. The van der Waals surface area contributed by atoms with Crippen molar-refractivity contribution >= 4 is 11.7 Å². The molecule has 0 saturated carbocycles. The maximum absolute atomic E-state index is 14.5. The van der Waals surface area contributed by atoms with E-state index < -0.39 is 52.9 Å². The normalized spacial score (nSPS) is 21.1. The van der Waals surface area contributed by atoms with Crippen LogP contribution in [0, 0.1) is 11.6 Å². The number of nitrogens with one attached hydrogen (secondary N) is 1. The van der Waals surface area contributed by atoms with E-state index in [0.717, 1.165) is 30.6 Å². The first-order valence-electron chi connectivity index (χ1n) is 10.8. The lowest BCUT2D eigenvalue weighted by Gasteiger charge is -2.48. The summed E-state index contributed by atoms with van der Waals surface area (Å²) in [5.74, 6) is -2.90. The van der Waals surface area contributed by atoms with E-state index >= 15 is 0 Å². The van der Waals surface area contributed by atoms with Gasteiger partial charge in [-0.2, -0.15) is 13.2 Å². The van der Waals surface area contributed by atoms with Crippen LogP contribution in [0.25, 0.3) is 5.69 Å². The Morgan fingerprint density at radius 1 is 1.19 bits per heavy atom. The second-order valence-corrected chi connectivity index (χ2v) is 9.26. The van der Waals surface area contributed by atoms with E-state index in [-0.39, 0.29) is 22.7 Å². The Morgan fingerprint density at radius 2 is 1.83 bits per heavy atom. The fourth-order valence-electron chi connectivity index (χ4n) is 4.83. The number of anilines is 1. The van der Waals surface area contributed by atoms with Gasteiger partial charge in [-0.1, -0.05) is 19.9 Å². The van der Waals surface area contributed by atoms with Crippen molar-refractivity contribution in [3.05, 3.63) is 71.2 Å². The summed E-state index contributed by atoms with van der Waals surface area (Å²) >= 11 is 0. The van der Waals surface area contributed by atoms with E-state index in [2.05, 4.69) is 10.3 Å². The summed E-state index contributed by atoms with van der Waals surface area (Å²) in [6, 6.07) is 5.02. The number of amides is 1. The lowest BCUT2D eigenvalue weighted by molar-refractivity contribution is -0.280. The molecule has 0 bridgehead atoms. The molecule has 1 heterocycles. The fourth-order valence-corrected chi connectivity index (χ4v) is 4.83. The van der Waals surface area contributed by atoms with Crippen LogP contribution in [-0.4, -0.2) is 39.5 Å². The van der Waals surface area contributed by atoms with Gasteiger partial charge in [-0.15, -0.1) is 0 Å². The van der Waals surface area contributed by atoms with Gasteiger partial charge in [0.15, 0.2) is 22.9 Å². The number of alkyl halides is 3. The average Bonchev–Trinajstić information content (AvgIpc) is 3.17. The van der Waals surface area contributed by atoms with Gasteiger partial charge in [0, 0.05) is 11.3 Å². The number of halogens is 5. The second kappa shape index (κ2) is 8.47. The van der Waals surface area contributed by atoms with Crippen LogP contribution in [0.1, 0.15) is 47.9 Å². The number of rotatable bonds is 4. The number of carbonyl (C=O) groups is 1. The van der Waals surface area contributed by atoms with Crippen molar-refractivity contribution in [1.29, 1.82) is 0 Å². The lowest BCUT2D eigenvalue weighted by Crippen LogP contribution is -2.60. The number of nitrogens with two attached hydrogens (primary N) is 1. The third-order valence-corrected chi connectivity index (χ3v) is 6.41. The van der Waals surface area contributed by atoms with Gasteiger partial charge in [0.25, 0.3) is 5.91 Å². The van der Waals surface area contributed by atoms with Crippen molar-refractivity contribution in [3.8, 4) is 11.4 Å². The molecule has 1 aliphatic carbocycles. The second-order valence-electron chi connectivity index (χ2n) is 9.26. The molecule has 1 aromatic heterocycles. The van der Waals surface area contributed by atoms with Crippen molar-refractivity contribution in [1.82, 2.24) is 14.9 Å². The number of nitrogens with zero attached hydrogens (tertiary/aromatic N) is 2. The number of ether oxygens (including phenoxy) is 1. The topological polar surface area (TPSA) is 102 Å². The van der Waals surface area contributed by atoms with Crippen LogP contribution in [0.3, 0.4) is 0 Å². The van der Waals surface area contributed by atoms with Crippen LogP contribution in [0.15, 0.2) is 42.7 Å². The number of benzene rings is 2. The fraction of sp³-hybridized carbons (Fsp3) is 0.333. The molecule has 1 aliphatic rings. The van der Waals surface area contributed by atoms with Crippen molar-refractivity contribution in [2.45, 2.75) is 43.5 Å². The van der Waals surface area contributed by atoms with Crippen molar-refractivity contribution in [2.75, 3.05) is 12.8 Å². The molecule has 4 rings (SSSR count). The third-order valence-electron chi connectivity index (χ3n) is 6.41. The van der Waals surface area contributed by atoms with Gasteiger partial charge in [0.05, 0.1) is 13.2 Å². The Labute approximate surface area is 202 Å². The zero-order valence-electron chi connectivity index (χ0n) is 19.5. The van der Waals surface area contributed by atoms with Crippen LogP contribution in [-0.2, 0) is 5.41 Å². The van der Waals surface area contributed by atoms with Gasteiger partial charge in [-0.05, 0) is 47.7 Å². The van der Waals surface area contributed by atoms with E-state index in [0.29, 0.717) is 5.69 Å². The van der Waals surface area contributed by atoms with E-state index in [4.69, 9.17) is 10.5 Å². The van der Waals surface area contributed by atoms with Crippen LogP contribution >= 0.6 is 0 Å². The molecule has 0 saturated heterocycles. The van der Waals surface area contributed by atoms with Crippen molar-refractivity contribution < 1.29 is 36.6 Å². The third kappa shape index (κ3) is 3.94. The Bertz CT molecular complexity index is 1320. The molecule has 192 valence electrons. The highest BCUT2D eigenvalue weighted by molar-refractivity contribution is 5.97. The first-order valence-corrected chi connectivity index (χ1v) is 10.8. The maximum atomic E-state index is 14.5. The van der Waals surface area contributed by atoms with Crippen LogP contribution in [0.5, 0.6) is 5.75 Å². The zero-order valence-corrected chi connectivity index (χ0v) is 19.5. The number of nitrogen functional groups attached to an aromatic ring is 1. The van der Waals surface area contributed by atoms with Crippen molar-refractivity contribution in [3.63, 3.8) is 0 Å². The molecule has 0 radical (unpaired) electrons. The van der Waals surface area contributed by atoms with Gasteiger partial charge < -0.3 is 20.9 Å². The predicted octanol–water partition coefficient (Wildman–Crippen LogP) is 4.19. The number of methoxy groups -OCH3 is 1. The zero-order chi connectivity index (χ0) is 26.6. The minimum Gasteiger partial charge on any atom is -0.493 e. The van der Waals surface area contributed by atoms with Gasteiger partial charge >= 0.3 is 6.18 Å². The molecule has 1 amide bonds. The van der Waals surface area contributed by atoms with Gasteiger partial charge in [-0.25, -0.2) is 13.8 Å². The molecule has 7 nitrogen and oxygen atoms in total. The number of imidazole rings is 1. The summed E-state index contributed by atoms with van der Waals surface area (Å²) < 4.78 is 77.0. The van der Waals surface area contributed by atoms with Gasteiger partial charge in [0.1, 0.15) is 18.0 Å². The first kappa shape index (κ1) is 25.4. The summed E-state index contributed by atoms with van der Waals surface area (Å²) in [7, 11) is 1.18. The summed E-state index contributed by atoms with van der Waals surface area (Å²) in [6.45, 7) is 2.84. The van der Waals surface area contributed by atoms with E-state index in [1.165, 1.54) is 37.7 Å². The minimum atomic E-state index is -5.17. The highest BCUT2D eigenvalue weighted by atomic mass is 19.4. The minimum absolute atomic E-state index is 0.0917. The Balaban J connectivity index is 1.81. The molecule has 4 N–H and O–H groups in total. The standard InChI is InChI=1S/C24H23F5N4O3/c1-22(2)10-23(35,24(27,28)29)19(14-8-9-15(26)18(36-3)16(14)22)32-21(34)17-20(30)33(11-31-17)13-6-4-12(25)5-7-13/h4-9,11,19,35H,10,30H2,1-3H3,(H,32,34)/t19-,23+/m0/s1. The highest BCUT2D eigenvalue weighted by Gasteiger charge is 2.64. The number of hydrogen-bond donors (Lipinski definition) is 3. The summed E-state index contributed by atoms with van der Waals surface area (Å²) in [6.07, 6.45) is -4.90. The van der Waals surface area contributed by atoms with E-state index in [9.17, 15) is 31.9 Å².